The van der Waals surface area contributed by atoms with Crippen molar-refractivity contribution in [3.05, 3.63) is 52.4 Å². The Balaban J connectivity index is 1.95. The zero-order chi connectivity index (χ0) is 13.7. The number of halogens is 2. The van der Waals surface area contributed by atoms with Crippen LogP contribution in [0.3, 0.4) is 0 Å². The molecule has 1 N–H and O–H groups in total. The van der Waals surface area contributed by atoms with Gasteiger partial charge in [0.15, 0.2) is 5.69 Å². The van der Waals surface area contributed by atoms with E-state index in [1.807, 2.05) is 6.07 Å². The van der Waals surface area contributed by atoms with E-state index in [9.17, 15) is 4.39 Å². The number of hydrogen-bond acceptors (Lipinski definition) is 4. The molecule has 1 heterocycles. The molecule has 0 saturated carbocycles. The largest absolute Gasteiger partial charge is 0.368 e. The lowest BCUT2D eigenvalue weighted by atomic mass is 10.1. The zero-order valence-corrected chi connectivity index (χ0v) is 10.7. The first-order chi connectivity index (χ1) is 9.20. The number of aromatic nitrogens is 2. The van der Waals surface area contributed by atoms with Crippen molar-refractivity contribution in [2.45, 2.75) is 6.42 Å². The minimum absolute atomic E-state index is 0.252. The Morgan fingerprint density at radius 3 is 2.74 bits per heavy atom. The van der Waals surface area contributed by atoms with Gasteiger partial charge in [0.2, 0.25) is 0 Å². The summed E-state index contributed by atoms with van der Waals surface area (Å²) in [5, 5.41) is 19.5. The van der Waals surface area contributed by atoms with Crippen LogP contribution in [0.15, 0.2) is 30.3 Å². The maximum atomic E-state index is 13.5. The van der Waals surface area contributed by atoms with Gasteiger partial charge in [0.1, 0.15) is 17.7 Å². The van der Waals surface area contributed by atoms with Crippen molar-refractivity contribution in [2.75, 3.05) is 11.9 Å². The van der Waals surface area contributed by atoms with E-state index in [0.29, 0.717) is 29.4 Å². The first-order valence-electron chi connectivity index (χ1n) is 5.61. The molecule has 0 fully saturated rings. The molecule has 0 radical (unpaired) electrons. The molecule has 0 atom stereocenters. The molecule has 6 heteroatoms. The van der Waals surface area contributed by atoms with E-state index in [0.717, 1.165) is 0 Å². The fourth-order valence-electron chi connectivity index (χ4n) is 1.57. The summed E-state index contributed by atoms with van der Waals surface area (Å²) in [5.41, 5.74) is 0.723. The Morgan fingerprint density at radius 1 is 1.26 bits per heavy atom. The summed E-state index contributed by atoms with van der Waals surface area (Å²) in [6.07, 6.45) is 0.438. The highest BCUT2D eigenvalue weighted by Gasteiger charge is 2.06. The Bertz CT molecular complexity index is 587. The normalized spacial score (nSPS) is 9.95. The van der Waals surface area contributed by atoms with Crippen molar-refractivity contribution in [3.8, 4) is 6.07 Å². The van der Waals surface area contributed by atoms with Crippen LogP contribution < -0.4 is 5.32 Å². The molecule has 1 aromatic heterocycles. The Kier molecular flexibility index (Phi) is 4.26. The van der Waals surface area contributed by atoms with Gasteiger partial charge in [-0.1, -0.05) is 17.7 Å². The van der Waals surface area contributed by atoms with Gasteiger partial charge < -0.3 is 5.32 Å². The van der Waals surface area contributed by atoms with Crippen molar-refractivity contribution in [3.63, 3.8) is 0 Å². The number of nitrogens with zero attached hydrogens (tertiary/aromatic N) is 3. The van der Waals surface area contributed by atoms with E-state index >= 15 is 0 Å². The molecule has 0 unspecified atom stereocenters. The minimum Gasteiger partial charge on any atom is -0.368 e. The summed E-state index contributed by atoms with van der Waals surface area (Å²) in [6, 6.07) is 9.69. The SMILES string of the molecule is N#Cc1ccc(NCCc2c(F)cccc2Cl)nn1. The van der Waals surface area contributed by atoms with Gasteiger partial charge >= 0.3 is 0 Å². The molecule has 0 saturated heterocycles. The van der Waals surface area contributed by atoms with Gasteiger partial charge in [0, 0.05) is 17.1 Å². The number of hydrogen-bond donors (Lipinski definition) is 1. The third-order valence-electron chi connectivity index (χ3n) is 2.52. The molecule has 4 nitrogen and oxygen atoms in total. The Morgan fingerprint density at radius 2 is 2.11 bits per heavy atom. The number of rotatable bonds is 4. The van der Waals surface area contributed by atoms with Crippen LogP contribution in [0.25, 0.3) is 0 Å². The summed E-state index contributed by atoms with van der Waals surface area (Å²) < 4.78 is 13.5. The zero-order valence-electron chi connectivity index (χ0n) is 9.90. The van der Waals surface area contributed by atoms with Crippen LogP contribution in [0.5, 0.6) is 0 Å². The van der Waals surface area contributed by atoms with Crippen molar-refractivity contribution in [1.82, 2.24) is 10.2 Å². The predicted octanol–water partition coefficient (Wildman–Crippen LogP) is 2.80. The molecule has 19 heavy (non-hydrogen) atoms. The summed E-state index contributed by atoms with van der Waals surface area (Å²) in [5.74, 6) is 0.215. The van der Waals surface area contributed by atoms with Crippen LogP contribution in [-0.2, 0) is 6.42 Å². The number of anilines is 1. The lowest BCUT2D eigenvalue weighted by molar-refractivity contribution is 0.610. The highest BCUT2D eigenvalue weighted by Crippen LogP contribution is 2.19. The third-order valence-corrected chi connectivity index (χ3v) is 2.88. The molecule has 0 aliphatic heterocycles. The average molecular weight is 277 g/mol. The number of nitriles is 1. The summed E-state index contributed by atoms with van der Waals surface area (Å²) >= 11 is 5.92. The molecule has 0 aliphatic rings. The van der Waals surface area contributed by atoms with Crippen molar-refractivity contribution in [2.24, 2.45) is 0 Å². The second-order valence-corrected chi connectivity index (χ2v) is 4.20. The van der Waals surface area contributed by atoms with Gasteiger partial charge in [-0.25, -0.2) is 4.39 Å². The van der Waals surface area contributed by atoms with Crippen LogP contribution in [0.1, 0.15) is 11.3 Å². The molecule has 2 aromatic rings. The van der Waals surface area contributed by atoms with Crippen LogP contribution in [-0.4, -0.2) is 16.7 Å². The predicted molar refractivity (Wildman–Crippen MR) is 70.4 cm³/mol. The fourth-order valence-corrected chi connectivity index (χ4v) is 1.83. The maximum Gasteiger partial charge on any atom is 0.163 e. The van der Waals surface area contributed by atoms with Gasteiger partial charge in [-0.2, -0.15) is 5.26 Å². The smallest absolute Gasteiger partial charge is 0.163 e. The quantitative estimate of drug-likeness (QED) is 0.933. The van der Waals surface area contributed by atoms with Crippen LogP contribution in [0, 0.1) is 17.1 Å². The van der Waals surface area contributed by atoms with E-state index < -0.39 is 0 Å². The molecule has 1 aromatic carbocycles. The van der Waals surface area contributed by atoms with Gasteiger partial charge in [-0.3, -0.25) is 0 Å². The first-order valence-corrected chi connectivity index (χ1v) is 5.99. The molecular formula is C13H10ClFN4. The van der Waals surface area contributed by atoms with Crippen LogP contribution in [0.2, 0.25) is 5.02 Å². The summed E-state index contributed by atoms with van der Waals surface area (Å²) in [4.78, 5) is 0. The monoisotopic (exact) mass is 276 g/mol. The molecule has 0 spiro atoms. The van der Waals surface area contributed by atoms with Gasteiger partial charge in [0.25, 0.3) is 0 Å². The fraction of sp³-hybridized carbons (Fsp3) is 0.154. The standard InChI is InChI=1S/C13H10ClFN4/c14-11-2-1-3-12(15)10(11)6-7-17-13-5-4-9(8-16)18-19-13/h1-5H,6-7H2,(H,17,19). The number of nitrogens with one attached hydrogen (secondary N) is 1. The van der Waals surface area contributed by atoms with E-state index in [4.69, 9.17) is 16.9 Å². The topological polar surface area (TPSA) is 61.6 Å². The highest BCUT2D eigenvalue weighted by molar-refractivity contribution is 6.31. The second kappa shape index (κ2) is 6.12. The van der Waals surface area contributed by atoms with Crippen LogP contribution >= 0.6 is 11.6 Å². The van der Waals surface area contributed by atoms with Crippen molar-refractivity contribution >= 4 is 17.4 Å². The molecular weight excluding hydrogens is 267 g/mol. The van der Waals surface area contributed by atoms with Crippen molar-refractivity contribution < 1.29 is 4.39 Å². The van der Waals surface area contributed by atoms with Crippen LogP contribution in [0.4, 0.5) is 10.2 Å². The third kappa shape index (κ3) is 3.39. The molecule has 2 rings (SSSR count). The summed E-state index contributed by atoms with van der Waals surface area (Å²) in [7, 11) is 0. The van der Waals surface area contributed by atoms with Gasteiger partial charge in [0.05, 0.1) is 0 Å². The number of benzene rings is 1. The van der Waals surface area contributed by atoms with Crippen molar-refractivity contribution in [1.29, 1.82) is 5.26 Å². The lowest BCUT2D eigenvalue weighted by Crippen LogP contribution is -2.08. The maximum absolute atomic E-state index is 13.5. The second-order valence-electron chi connectivity index (χ2n) is 3.79. The molecule has 0 bridgehead atoms. The van der Waals surface area contributed by atoms with Gasteiger partial charge in [-0.05, 0) is 30.7 Å². The highest BCUT2D eigenvalue weighted by atomic mass is 35.5. The minimum atomic E-state index is -0.319. The molecule has 0 aliphatic carbocycles. The first kappa shape index (κ1) is 13.2. The molecule has 0 amide bonds. The van der Waals surface area contributed by atoms with E-state index in [1.165, 1.54) is 6.07 Å². The van der Waals surface area contributed by atoms with E-state index in [1.54, 1.807) is 24.3 Å². The Hall–Kier alpha value is -2.19. The average Bonchev–Trinajstić information content (AvgIpc) is 2.43. The van der Waals surface area contributed by atoms with Gasteiger partial charge in [-0.15, -0.1) is 10.2 Å². The molecule has 96 valence electrons. The lowest BCUT2D eigenvalue weighted by Gasteiger charge is -2.07. The Labute approximate surface area is 114 Å². The van der Waals surface area contributed by atoms with E-state index in [2.05, 4.69) is 15.5 Å². The van der Waals surface area contributed by atoms with E-state index in [-0.39, 0.29) is 11.5 Å². The summed E-state index contributed by atoms with van der Waals surface area (Å²) in [6.45, 7) is 0.473.